The van der Waals surface area contributed by atoms with Crippen LogP contribution in [0, 0.1) is 0 Å². The Balaban J connectivity index is 2.00. The van der Waals surface area contributed by atoms with Gasteiger partial charge in [-0.2, -0.15) is 0 Å². The highest BCUT2D eigenvalue weighted by Crippen LogP contribution is 2.45. The van der Waals surface area contributed by atoms with Gasteiger partial charge in [0.25, 0.3) is 0 Å². The SMILES string of the molecule is COc1cc2ccnc(NCC(C)(C)c3ccc(Cl)cc3)c2c(OC)c1OC. The largest absolute Gasteiger partial charge is 0.493 e. The van der Waals surface area contributed by atoms with Gasteiger partial charge in [-0.05, 0) is 35.2 Å². The minimum absolute atomic E-state index is 0.127. The molecule has 0 radical (unpaired) electrons. The summed E-state index contributed by atoms with van der Waals surface area (Å²) >= 11 is 6.03. The van der Waals surface area contributed by atoms with E-state index in [2.05, 4.69) is 36.3 Å². The molecule has 1 aromatic heterocycles. The third-order valence-corrected chi connectivity index (χ3v) is 5.13. The fourth-order valence-electron chi connectivity index (χ4n) is 3.25. The number of benzene rings is 2. The summed E-state index contributed by atoms with van der Waals surface area (Å²) < 4.78 is 16.6. The molecule has 0 atom stereocenters. The monoisotopic (exact) mass is 400 g/mol. The zero-order valence-corrected chi connectivity index (χ0v) is 17.6. The number of rotatable bonds is 7. The standard InChI is InChI=1S/C22H25ClN2O3/c1-22(2,15-6-8-16(23)9-7-15)13-25-21-18-14(10-11-24-21)12-17(26-3)19(27-4)20(18)28-5/h6-12H,13H2,1-5H3,(H,24,25). The fraction of sp³-hybridized carbons (Fsp3) is 0.318. The van der Waals surface area contributed by atoms with E-state index in [-0.39, 0.29) is 5.41 Å². The summed E-state index contributed by atoms with van der Waals surface area (Å²) in [5.41, 5.74) is 1.06. The average molecular weight is 401 g/mol. The van der Waals surface area contributed by atoms with Crippen molar-refractivity contribution >= 4 is 28.2 Å². The number of anilines is 1. The summed E-state index contributed by atoms with van der Waals surface area (Å²) in [6.07, 6.45) is 1.77. The van der Waals surface area contributed by atoms with E-state index in [0.717, 1.165) is 21.6 Å². The molecule has 148 valence electrons. The molecule has 6 heteroatoms. The molecule has 5 nitrogen and oxygen atoms in total. The summed E-state index contributed by atoms with van der Waals surface area (Å²) in [5.74, 6) is 2.49. The number of nitrogens with one attached hydrogen (secondary N) is 1. The zero-order valence-electron chi connectivity index (χ0n) is 16.8. The van der Waals surface area contributed by atoms with Crippen molar-refractivity contribution in [2.75, 3.05) is 33.2 Å². The molecule has 0 saturated heterocycles. The summed E-state index contributed by atoms with van der Waals surface area (Å²) in [6.45, 7) is 5.03. The van der Waals surface area contributed by atoms with E-state index in [4.69, 9.17) is 25.8 Å². The molecule has 0 aliphatic carbocycles. The highest BCUT2D eigenvalue weighted by atomic mass is 35.5. The van der Waals surface area contributed by atoms with Crippen LogP contribution in [-0.2, 0) is 5.41 Å². The maximum absolute atomic E-state index is 6.03. The molecular formula is C22H25ClN2O3. The summed E-state index contributed by atoms with van der Waals surface area (Å²) in [4.78, 5) is 4.55. The van der Waals surface area contributed by atoms with Crippen LogP contribution < -0.4 is 19.5 Å². The second kappa shape index (κ2) is 8.15. The maximum atomic E-state index is 6.03. The van der Waals surface area contributed by atoms with Gasteiger partial charge in [-0.3, -0.25) is 0 Å². The quantitative estimate of drug-likeness (QED) is 0.582. The number of nitrogens with zero attached hydrogens (tertiary/aromatic N) is 1. The third-order valence-electron chi connectivity index (χ3n) is 4.88. The molecule has 0 unspecified atom stereocenters. The Morgan fingerprint density at radius 3 is 2.25 bits per heavy atom. The molecule has 1 heterocycles. The van der Waals surface area contributed by atoms with E-state index < -0.39 is 0 Å². The molecule has 28 heavy (non-hydrogen) atoms. The summed E-state index contributed by atoms with van der Waals surface area (Å²) in [6, 6.07) is 11.8. The van der Waals surface area contributed by atoms with Crippen LogP contribution in [0.15, 0.2) is 42.6 Å². The number of ether oxygens (including phenoxy) is 3. The number of hydrogen-bond acceptors (Lipinski definition) is 5. The lowest BCUT2D eigenvalue weighted by molar-refractivity contribution is 0.327. The molecule has 0 amide bonds. The molecule has 0 spiro atoms. The number of fused-ring (bicyclic) bond motifs is 1. The second-order valence-electron chi connectivity index (χ2n) is 7.15. The number of hydrogen-bond donors (Lipinski definition) is 1. The van der Waals surface area contributed by atoms with E-state index in [0.29, 0.717) is 23.8 Å². The Hall–Kier alpha value is -2.66. The minimum atomic E-state index is -0.127. The van der Waals surface area contributed by atoms with Gasteiger partial charge in [0.2, 0.25) is 5.75 Å². The molecule has 0 saturated carbocycles. The predicted molar refractivity (Wildman–Crippen MR) is 114 cm³/mol. The first-order chi connectivity index (χ1) is 13.4. The maximum Gasteiger partial charge on any atom is 0.204 e. The van der Waals surface area contributed by atoms with Crippen LogP contribution in [0.4, 0.5) is 5.82 Å². The number of halogens is 1. The fourth-order valence-corrected chi connectivity index (χ4v) is 3.38. The zero-order chi connectivity index (χ0) is 20.3. The second-order valence-corrected chi connectivity index (χ2v) is 7.58. The van der Waals surface area contributed by atoms with E-state index in [1.807, 2.05) is 24.3 Å². The average Bonchev–Trinajstić information content (AvgIpc) is 2.70. The number of aromatic nitrogens is 1. The van der Waals surface area contributed by atoms with Crippen molar-refractivity contribution in [3.05, 3.63) is 53.2 Å². The van der Waals surface area contributed by atoms with Gasteiger partial charge in [0.15, 0.2) is 11.5 Å². The van der Waals surface area contributed by atoms with Crippen molar-refractivity contribution in [3.63, 3.8) is 0 Å². The summed E-state index contributed by atoms with van der Waals surface area (Å²) in [7, 11) is 4.82. The number of methoxy groups -OCH3 is 3. The van der Waals surface area contributed by atoms with E-state index in [1.54, 1.807) is 27.5 Å². The van der Waals surface area contributed by atoms with Gasteiger partial charge in [-0.25, -0.2) is 4.98 Å². The molecule has 0 bridgehead atoms. The van der Waals surface area contributed by atoms with Crippen molar-refractivity contribution in [1.82, 2.24) is 4.98 Å². The molecule has 0 aliphatic heterocycles. The van der Waals surface area contributed by atoms with Crippen molar-refractivity contribution in [2.45, 2.75) is 19.3 Å². The van der Waals surface area contributed by atoms with Crippen LogP contribution >= 0.6 is 11.6 Å². The highest BCUT2D eigenvalue weighted by Gasteiger charge is 2.23. The lowest BCUT2D eigenvalue weighted by Gasteiger charge is -2.26. The highest BCUT2D eigenvalue weighted by molar-refractivity contribution is 6.30. The summed E-state index contributed by atoms with van der Waals surface area (Å²) in [5, 5.41) is 6.03. The van der Waals surface area contributed by atoms with Gasteiger partial charge in [-0.15, -0.1) is 0 Å². The van der Waals surface area contributed by atoms with Crippen LogP contribution in [0.2, 0.25) is 5.02 Å². The molecule has 0 aliphatic rings. The first-order valence-corrected chi connectivity index (χ1v) is 9.36. The minimum Gasteiger partial charge on any atom is -0.493 e. The van der Waals surface area contributed by atoms with Crippen LogP contribution in [0.1, 0.15) is 19.4 Å². The van der Waals surface area contributed by atoms with Crippen LogP contribution in [-0.4, -0.2) is 32.9 Å². The van der Waals surface area contributed by atoms with E-state index in [9.17, 15) is 0 Å². The lowest BCUT2D eigenvalue weighted by atomic mass is 9.84. The molecule has 0 fully saturated rings. The first kappa shape index (κ1) is 20.1. The van der Waals surface area contributed by atoms with Gasteiger partial charge < -0.3 is 19.5 Å². The molecule has 1 N–H and O–H groups in total. The topological polar surface area (TPSA) is 52.6 Å². The molecule has 3 rings (SSSR count). The van der Waals surface area contributed by atoms with Gasteiger partial charge >= 0.3 is 0 Å². The molecule has 2 aromatic carbocycles. The van der Waals surface area contributed by atoms with Gasteiger partial charge in [0.05, 0.1) is 26.7 Å². The van der Waals surface area contributed by atoms with Crippen LogP contribution in [0.5, 0.6) is 17.2 Å². The Morgan fingerprint density at radius 2 is 1.64 bits per heavy atom. The van der Waals surface area contributed by atoms with Crippen molar-refractivity contribution in [1.29, 1.82) is 0 Å². The Bertz CT molecular complexity index is 972. The van der Waals surface area contributed by atoms with Crippen molar-refractivity contribution in [2.24, 2.45) is 0 Å². The van der Waals surface area contributed by atoms with E-state index >= 15 is 0 Å². The Labute approximate surface area is 170 Å². The Kier molecular flexibility index (Phi) is 5.84. The lowest BCUT2D eigenvalue weighted by Crippen LogP contribution is -2.28. The molecule has 3 aromatic rings. The van der Waals surface area contributed by atoms with Crippen LogP contribution in [0.25, 0.3) is 10.8 Å². The van der Waals surface area contributed by atoms with Gasteiger partial charge in [0, 0.05) is 23.2 Å². The van der Waals surface area contributed by atoms with Gasteiger partial charge in [0.1, 0.15) is 5.82 Å². The predicted octanol–water partition coefficient (Wildman–Crippen LogP) is 5.30. The third kappa shape index (κ3) is 3.80. The van der Waals surface area contributed by atoms with Crippen LogP contribution in [0.3, 0.4) is 0 Å². The molecular weight excluding hydrogens is 376 g/mol. The first-order valence-electron chi connectivity index (χ1n) is 8.99. The number of pyridine rings is 1. The smallest absolute Gasteiger partial charge is 0.204 e. The van der Waals surface area contributed by atoms with Crippen molar-refractivity contribution in [3.8, 4) is 17.2 Å². The Morgan fingerprint density at radius 1 is 0.964 bits per heavy atom. The normalized spacial score (nSPS) is 11.4. The van der Waals surface area contributed by atoms with Gasteiger partial charge in [-0.1, -0.05) is 37.6 Å². The van der Waals surface area contributed by atoms with Crippen molar-refractivity contribution < 1.29 is 14.2 Å². The van der Waals surface area contributed by atoms with E-state index in [1.165, 1.54) is 5.56 Å².